The van der Waals surface area contributed by atoms with Crippen molar-refractivity contribution in [2.75, 3.05) is 0 Å². The summed E-state index contributed by atoms with van der Waals surface area (Å²) in [4.78, 5) is 28.7. The van der Waals surface area contributed by atoms with E-state index < -0.39 is 11.9 Å². The number of nitrogens with zero attached hydrogens (tertiary/aromatic N) is 1. The monoisotopic (exact) mass is 310 g/mol. The number of carbonyl (C=O) groups excluding carboxylic acids is 1. The maximum absolute atomic E-state index is 12.4. The molecule has 116 valence electrons. The lowest BCUT2D eigenvalue weighted by molar-refractivity contribution is -0.143. The molecule has 0 aromatic carbocycles. The van der Waals surface area contributed by atoms with Crippen molar-refractivity contribution in [2.24, 2.45) is 5.92 Å². The number of hydrogen-bond acceptors (Lipinski definition) is 4. The van der Waals surface area contributed by atoms with E-state index in [2.05, 4.69) is 10.3 Å². The van der Waals surface area contributed by atoms with Crippen LogP contribution in [0.15, 0.2) is 0 Å². The first-order chi connectivity index (χ1) is 9.99. The van der Waals surface area contributed by atoms with Crippen LogP contribution in [0.25, 0.3) is 0 Å². The molecular weight excluding hydrogens is 288 g/mol. The van der Waals surface area contributed by atoms with Gasteiger partial charge in [0, 0.05) is 6.04 Å². The molecule has 2 rings (SSSR count). The van der Waals surface area contributed by atoms with Crippen molar-refractivity contribution in [1.82, 2.24) is 10.3 Å². The first-order valence-electron chi connectivity index (χ1n) is 7.46. The lowest BCUT2D eigenvalue weighted by Gasteiger charge is -2.27. The quantitative estimate of drug-likeness (QED) is 0.899. The van der Waals surface area contributed by atoms with E-state index in [0.717, 1.165) is 37.1 Å². The molecule has 1 aliphatic carbocycles. The molecule has 1 aliphatic rings. The van der Waals surface area contributed by atoms with E-state index in [-0.39, 0.29) is 11.9 Å². The number of amides is 1. The number of carbonyl (C=O) groups is 2. The van der Waals surface area contributed by atoms with Crippen LogP contribution >= 0.6 is 11.3 Å². The van der Waals surface area contributed by atoms with Crippen molar-refractivity contribution in [2.45, 2.75) is 58.4 Å². The number of aliphatic carboxylic acids is 1. The minimum Gasteiger partial charge on any atom is -0.481 e. The van der Waals surface area contributed by atoms with Gasteiger partial charge >= 0.3 is 5.97 Å². The van der Waals surface area contributed by atoms with Crippen LogP contribution < -0.4 is 5.32 Å². The molecule has 21 heavy (non-hydrogen) atoms. The zero-order valence-electron chi connectivity index (χ0n) is 12.5. The highest BCUT2D eigenvalue weighted by molar-refractivity contribution is 7.13. The van der Waals surface area contributed by atoms with Gasteiger partial charge in [-0.15, -0.1) is 11.3 Å². The fourth-order valence-corrected chi connectivity index (χ4v) is 3.75. The van der Waals surface area contributed by atoms with Gasteiger partial charge < -0.3 is 10.4 Å². The second kappa shape index (κ2) is 7.02. The summed E-state index contributed by atoms with van der Waals surface area (Å²) in [6, 6.07) is -0.280. The SMILES string of the molecule is Cc1nc(C)c(C(=O)NC2CCCCCCC2C(=O)O)s1. The lowest BCUT2D eigenvalue weighted by atomic mass is 9.86. The molecule has 5 nitrogen and oxygen atoms in total. The Morgan fingerprint density at radius 1 is 1.19 bits per heavy atom. The second-order valence-corrected chi connectivity index (χ2v) is 6.87. The first kappa shape index (κ1) is 15.9. The Balaban J connectivity index is 2.11. The fraction of sp³-hybridized carbons (Fsp3) is 0.667. The van der Waals surface area contributed by atoms with Gasteiger partial charge in [-0.2, -0.15) is 0 Å². The van der Waals surface area contributed by atoms with Crippen LogP contribution in [0, 0.1) is 19.8 Å². The van der Waals surface area contributed by atoms with Crippen LogP contribution in [-0.4, -0.2) is 28.0 Å². The molecule has 2 atom stereocenters. The van der Waals surface area contributed by atoms with Crippen LogP contribution in [0.5, 0.6) is 0 Å². The van der Waals surface area contributed by atoms with Gasteiger partial charge in [0.05, 0.1) is 16.6 Å². The lowest BCUT2D eigenvalue weighted by Crippen LogP contribution is -2.43. The second-order valence-electron chi connectivity index (χ2n) is 5.66. The molecule has 1 fully saturated rings. The number of carboxylic acids is 1. The minimum atomic E-state index is -0.806. The Morgan fingerprint density at radius 3 is 2.43 bits per heavy atom. The molecule has 1 aromatic rings. The molecule has 0 radical (unpaired) electrons. The Kier molecular flexibility index (Phi) is 5.33. The van der Waals surface area contributed by atoms with Gasteiger partial charge in [-0.05, 0) is 26.7 Å². The molecule has 1 saturated carbocycles. The van der Waals surface area contributed by atoms with Gasteiger partial charge in [-0.3, -0.25) is 9.59 Å². The molecule has 0 bridgehead atoms. The highest BCUT2D eigenvalue weighted by atomic mass is 32.1. The predicted octanol–water partition coefficient (Wildman–Crippen LogP) is 2.91. The van der Waals surface area contributed by atoms with E-state index in [1.807, 2.05) is 13.8 Å². The minimum absolute atomic E-state index is 0.185. The van der Waals surface area contributed by atoms with Gasteiger partial charge in [-0.25, -0.2) is 4.98 Å². The summed E-state index contributed by atoms with van der Waals surface area (Å²) in [6.07, 6.45) is 5.45. The third-order valence-electron chi connectivity index (χ3n) is 4.01. The third-order valence-corrected chi connectivity index (χ3v) is 5.08. The predicted molar refractivity (Wildman–Crippen MR) is 81.7 cm³/mol. The number of hydrogen-bond donors (Lipinski definition) is 2. The summed E-state index contributed by atoms with van der Waals surface area (Å²) in [7, 11) is 0. The number of aryl methyl sites for hydroxylation is 2. The van der Waals surface area contributed by atoms with Crippen LogP contribution in [0.4, 0.5) is 0 Å². The largest absolute Gasteiger partial charge is 0.481 e. The summed E-state index contributed by atoms with van der Waals surface area (Å²) < 4.78 is 0. The number of rotatable bonds is 3. The smallest absolute Gasteiger partial charge is 0.308 e. The molecular formula is C15H22N2O3S. The van der Waals surface area contributed by atoms with Crippen molar-refractivity contribution in [3.8, 4) is 0 Å². The maximum Gasteiger partial charge on any atom is 0.308 e. The van der Waals surface area contributed by atoms with Crippen LogP contribution in [-0.2, 0) is 4.79 Å². The average Bonchev–Trinajstić information content (AvgIpc) is 2.71. The Hall–Kier alpha value is -1.43. The van der Waals surface area contributed by atoms with Crippen LogP contribution in [0.3, 0.4) is 0 Å². The molecule has 6 heteroatoms. The summed E-state index contributed by atoms with van der Waals surface area (Å²) in [6.45, 7) is 3.68. The number of aromatic nitrogens is 1. The van der Waals surface area contributed by atoms with Crippen molar-refractivity contribution in [3.63, 3.8) is 0 Å². The zero-order valence-corrected chi connectivity index (χ0v) is 13.3. The Labute approximate surface area is 128 Å². The normalized spacial score (nSPS) is 23.1. The third kappa shape index (κ3) is 4.03. The Morgan fingerprint density at radius 2 is 1.86 bits per heavy atom. The molecule has 2 N–H and O–H groups in total. The highest BCUT2D eigenvalue weighted by Crippen LogP contribution is 2.24. The molecule has 0 spiro atoms. The zero-order chi connectivity index (χ0) is 15.4. The van der Waals surface area contributed by atoms with Crippen LogP contribution in [0.1, 0.15) is 58.9 Å². The number of thiazole rings is 1. The summed E-state index contributed by atoms with van der Waals surface area (Å²) in [5.74, 6) is -1.47. The van der Waals surface area contributed by atoms with Crippen molar-refractivity contribution in [3.05, 3.63) is 15.6 Å². The molecule has 1 heterocycles. The van der Waals surface area contributed by atoms with Gasteiger partial charge in [0.25, 0.3) is 5.91 Å². The van der Waals surface area contributed by atoms with E-state index in [1.165, 1.54) is 11.3 Å². The van der Waals surface area contributed by atoms with Gasteiger partial charge in [-0.1, -0.05) is 25.7 Å². The van der Waals surface area contributed by atoms with E-state index in [9.17, 15) is 14.7 Å². The van der Waals surface area contributed by atoms with Crippen molar-refractivity contribution >= 4 is 23.2 Å². The summed E-state index contributed by atoms with van der Waals surface area (Å²) in [5.41, 5.74) is 0.715. The van der Waals surface area contributed by atoms with Crippen molar-refractivity contribution in [1.29, 1.82) is 0 Å². The molecule has 0 aliphatic heterocycles. The fourth-order valence-electron chi connectivity index (χ4n) is 2.93. The van der Waals surface area contributed by atoms with E-state index in [0.29, 0.717) is 17.0 Å². The van der Waals surface area contributed by atoms with Crippen LogP contribution in [0.2, 0.25) is 0 Å². The first-order valence-corrected chi connectivity index (χ1v) is 8.28. The number of carboxylic acid groups (broad SMARTS) is 1. The molecule has 2 unspecified atom stereocenters. The topological polar surface area (TPSA) is 79.3 Å². The molecule has 0 saturated heterocycles. The molecule has 1 amide bonds. The highest BCUT2D eigenvalue weighted by Gasteiger charge is 2.30. The standard InChI is InChI=1S/C15H22N2O3S/c1-9-13(21-10(2)16-9)14(18)17-12-8-6-4-3-5-7-11(12)15(19)20/h11-12H,3-8H2,1-2H3,(H,17,18)(H,19,20). The van der Waals surface area contributed by atoms with E-state index in [1.54, 1.807) is 0 Å². The van der Waals surface area contributed by atoms with Crippen molar-refractivity contribution < 1.29 is 14.7 Å². The molecule has 1 aromatic heterocycles. The summed E-state index contributed by atoms with van der Waals surface area (Å²) in [5, 5.41) is 13.2. The van der Waals surface area contributed by atoms with Gasteiger partial charge in [0.15, 0.2) is 0 Å². The Bertz CT molecular complexity index is 527. The number of nitrogens with one attached hydrogen (secondary N) is 1. The van der Waals surface area contributed by atoms with E-state index in [4.69, 9.17) is 0 Å². The maximum atomic E-state index is 12.4. The van der Waals surface area contributed by atoms with Gasteiger partial charge in [0.2, 0.25) is 0 Å². The van der Waals surface area contributed by atoms with E-state index >= 15 is 0 Å². The average molecular weight is 310 g/mol. The van der Waals surface area contributed by atoms with Gasteiger partial charge in [0.1, 0.15) is 4.88 Å². The summed E-state index contributed by atoms with van der Waals surface area (Å²) >= 11 is 1.36.